The summed E-state index contributed by atoms with van der Waals surface area (Å²) in [5.41, 5.74) is 6.85. The minimum Gasteiger partial charge on any atom is -0.384 e. The fraction of sp³-hybridized carbons (Fsp3) is 0.214. The van der Waals surface area contributed by atoms with Crippen LogP contribution in [0.4, 0.5) is 11.6 Å². The van der Waals surface area contributed by atoms with Gasteiger partial charge in [-0.3, -0.25) is 0 Å². The highest BCUT2D eigenvalue weighted by Gasteiger charge is 2.13. The Labute approximate surface area is 112 Å². The van der Waals surface area contributed by atoms with Crippen LogP contribution in [0, 0.1) is 0 Å². The number of hydrogen-bond donors (Lipinski definition) is 1. The zero-order valence-electron chi connectivity index (χ0n) is 10.5. The van der Waals surface area contributed by atoms with Crippen LogP contribution in [-0.2, 0) is 0 Å². The summed E-state index contributed by atoms with van der Waals surface area (Å²) in [6, 6.07) is 13.6. The number of nitrogen functional groups attached to an aromatic ring is 1. The largest absolute Gasteiger partial charge is 0.384 e. The van der Waals surface area contributed by atoms with Gasteiger partial charge in [-0.05, 0) is 36.8 Å². The topological polar surface area (TPSA) is 42.1 Å². The van der Waals surface area contributed by atoms with Crippen LogP contribution in [-0.4, -0.2) is 12.0 Å². The number of anilines is 2. The van der Waals surface area contributed by atoms with Crippen molar-refractivity contribution in [2.45, 2.75) is 13.0 Å². The van der Waals surface area contributed by atoms with Gasteiger partial charge in [0.05, 0.1) is 6.04 Å². The van der Waals surface area contributed by atoms with Gasteiger partial charge in [-0.2, -0.15) is 0 Å². The van der Waals surface area contributed by atoms with Crippen molar-refractivity contribution < 1.29 is 0 Å². The molecule has 0 saturated carbocycles. The lowest BCUT2D eigenvalue weighted by Crippen LogP contribution is -2.22. The van der Waals surface area contributed by atoms with E-state index in [1.807, 2.05) is 37.4 Å². The number of aromatic nitrogens is 1. The molecule has 0 spiro atoms. The molecule has 1 atom stereocenters. The van der Waals surface area contributed by atoms with E-state index in [0.29, 0.717) is 5.82 Å². The zero-order chi connectivity index (χ0) is 13.1. The fourth-order valence-electron chi connectivity index (χ4n) is 1.82. The molecule has 1 heterocycles. The van der Waals surface area contributed by atoms with E-state index in [2.05, 4.69) is 22.9 Å². The number of nitrogens with two attached hydrogens (primary N) is 1. The summed E-state index contributed by atoms with van der Waals surface area (Å²) in [5, 5.41) is 0.744. The highest BCUT2D eigenvalue weighted by atomic mass is 35.5. The minimum atomic E-state index is 0.179. The lowest BCUT2D eigenvalue weighted by Gasteiger charge is -2.26. The molecule has 0 aliphatic heterocycles. The molecule has 0 aliphatic carbocycles. The molecular weight excluding hydrogens is 246 g/mol. The van der Waals surface area contributed by atoms with Gasteiger partial charge in [0.15, 0.2) is 0 Å². The van der Waals surface area contributed by atoms with E-state index in [1.165, 1.54) is 0 Å². The summed E-state index contributed by atoms with van der Waals surface area (Å²) < 4.78 is 0. The van der Waals surface area contributed by atoms with Gasteiger partial charge >= 0.3 is 0 Å². The minimum absolute atomic E-state index is 0.179. The van der Waals surface area contributed by atoms with E-state index in [1.54, 1.807) is 6.07 Å². The monoisotopic (exact) mass is 261 g/mol. The lowest BCUT2D eigenvalue weighted by molar-refractivity contribution is 0.729. The van der Waals surface area contributed by atoms with Gasteiger partial charge in [0.1, 0.15) is 11.6 Å². The summed E-state index contributed by atoms with van der Waals surface area (Å²) in [6.45, 7) is 2.11. The van der Waals surface area contributed by atoms with Crippen LogP contribution < -0.4 is 10.6 Å². The van der Waals surface area contributed by atoms with Crippen LogP contribution in [0.5, 0.6) is 0 Å². The van der Waals surface area contributed by atoms with E-state index in [4.69, 9.17) is 17.3 Å². The number of hydrogen-bond acceptors (Lipinski definition) is 3. The van der Waals surface area contributed by atoms with Gasteiger partial charge in [0, 0.05) is 12.1 Å². The third-order valence-corrected chi connectivity index (χ3v) is 3.26. The van der Waals surface area contributed by atoms with Crippen molar-refractivity contribution in [3.63, 3.8) is 0 Å². The Kier molecular flexibility index (Phi) is 3.72. The van der Waals surface area contributed by atoms with Crippen molar-refractivity contribution in [3.05, 3.63) is 53.1 Å². The summed E-state index contributed by atoms with van der Waals surface area (Å²) in [6.07, 6.45) is 0. The molecule has 0 saturated heterocycles. The second-order valence-corrected chi connectivity index (χ2v) is 4.70. The van der Waals surface area contributed by atoms with Crippen molar-refractivity contribution >= 4 is 23.2 Å². The highest BCUT2D eigenvalue weighted by molar-refractivity contribution is 6.30. The average molecular weight is 262 g/mol. The fourth-order valence-corrected chi connectivity index (χ4v) is 2.02. The van der Waals surface area contributed by atoms with Gasteiger partial charge in [0.2, 0.25) is 0 Å². The van der Waals surface area contributed by atoms with E-state index < -0.39 is 0 Å². The molecular formula is C14H16ClN3. The highest BCUT2D eigenvalue weighted by Crippen LogP contribution is 2.25. The molecule has 2 rings (SSSR count). The van der Waals surface area contributed by atoms with E-state index in [9.17, 15) is 0 Å². The van der Waals surface area contributed by atoms with E-state index in [0.717, 1.165) is 16.4 Å². The molecule has 2 aromatic rings. The molecule has 0 aliphatic rings. The Morgan fingerprint density at radius 2 is 1.94 bits per heavy atom. The van der Waals surface area contributed by atoms with Gasteiger partial charge in [-0.25, -0.2) is 4.98 Å². The van der Waals surface area contributed by atoms with Crippen LogP contribution in [0.2, 0.25) is 5.02 Å². The molecule has 2 N–H and O–H groups in total. The maximum absolute atomic E-state index is 6.01. The third-order valence-electron chi connectivity index (χ3n) is 3.03. The maximum Gasteiger partial charge on any atom is 0.131 e. The molecule has 4 heteroatoms. The summed E-state index contributed by atoms with van der Waals surface area (Å²) in [7, 11) is 1.99. The first-order valence-corrected chi connectivity index (χ1v) is 6.16. The Balaban J connectivity index is 2.26. The van der Waals surface area contributed by atoms with Crippen LogP contribution >= 0.6 is 11.6 Å². The Morgan fingerprint density at radius 1 is 1.22 bits per heavy atom. The number of halogens is 1. The van der Waals surface area contributed by atoms with Gasteiger partial charge in [-0.1, -0.05) is 29.8 Å². The molecule has 0 bridgehead atoms. The van der Waals surface area contributed by atoms with Crippen molar-refractivity contribution in [3.8, 4) is 0 Å². The maximum atomic E-state index is 6.01. The molecule has 94 valence electrons. The first kappa shape index (κ1) is 12.7. The molecule has 1 aromatic heterocycles. The Morgan fingerprint density at radius 3 is 2.61 bits per heavy atom. The van der Waals surface area contributed by atoms with E-state index in [-0.39, 0.29) is 6.04 Å². The number of nitrogens with zero attached hydrogens (tertiary/aromatic N) is 2. The first-order valence-electron chi connectivity index (χ1n) is 5.79. The van der Waals surface area contributed by atoms with Crippen molar-refractivity contribution in [2.75, 3.05) is 17.7 Å². The number of pyridine rings is 1. The van der Waals surface area contributed by atoms with Crippen LogP contribution in [0.25, 0.3) is 0 Å². The molecule has 1 aromatic carbocycles. The quantitative estimate of drug-likeness (QED) is 0.919. The molecule has 0 radical (unpaired) electrons. The number of benzene rings is 1. The zero-order valence-corrected chi connectivity index (χ0v) is 11.2. The second-order valence-electron chi connectivity index (χ2n) is 4.26. The Bertz CT molecular complexity index is 493. The van der Waals surface area contributed by atoms with Crippen LogP contribution in [0.15, 0.2) is 42.5 Å². The summed E-state index contributed by atoms with van der Waals surface area (Å²) >= 11 is 6.01. The molecule has 0 amide bonds. The summed E-state index contributed by atoms with van der Waals surface area (Å²) in [4.78, 5) is 6.38. The SMILES string of the molecule is CC(c1cccc(Cl)c1)N(C)c1cccc(N)n1. The van der Waals surface area contributed by atoms with Gasteiger partial charge in [-0.15, -0.1) is 0 Å². The third kappa shape index (κ3) is 2.74. The second kappa shape index (κ2) is 5.27. The van der Waals surface area contributed by atoms with Gasteiger partial charge in [0.25, 0.3) is 0 Å². The lowest BCUT2D eigenvalue weighted by atomic mass is 10.1. The van der Waals surface area contributed by atoms with E-state index >= 15 is 0 Å². The van der Waals surface area contributed by atoms with Gasteiger partial charge < -0.3 is 10.6 Å². The van der Waals surface area contributed by atoms with Crippen molar-refractivity contribution in [2.24, 2.45) is 0 Å². The molecule has 0 fully saturated rings. The molecule has 18 heavy (non-hydrogen) atoms. The van der Waals surface area contributed by atoms with Crippen molar-refractivity contribution in [1.82, 2.24) is 4.98 Å². The van der Waals surface area contributed by atoms with Crippen molar-refractivity contribution in [1.29, 1.82) is 0 Å². The predicted molar refractivity (Wildman–Crippen MR) is 76.9 cm³/mol. The summed E-state index contributed by atoms with van der Waals surface area (Å²) in [5.74, 6) is 1.38. The van der Waals surface area contributed by atoms with Crippen LogP contribution in [0.1, 0.15) is 18.5 Å². The average Bonchev–Trinajstić information content (AvgIpc) is 2.37. The molecule has 1 unspecified atom stereocenters. The smallest absolute Gasteiger partial charge is 0.131 e. The Hall–Kier alpha value is -1.74. The number of rotatable bonds is 3. The standard InChI is InChI=1S/C14H16ClN3/c1-10(11-5-3-6-12(15)9-11)18(2)14-8-4-7-13(16)17-14/h3-10H,1-2H3,(H2,16,17). The van der Waals surface area contributed by atoms with Crippen LogP contribution in [0.3, 0.4) is 0 Å². The predicted octanol–water partition coefficient (Wildman–Crippen LogP) is 3.51. The normalized spacial score (nSPS) is 12.2. The molecule has 3 nitrogen and oxygen atoms in total. The first-order chi connectivity index (χ1) is 8.58.